The fraction of sp³-hybridized carbons (Fsp3) is 0.265. The Balaban J connectivity index is 1.52. The highest BCUT2D eigenvalue weighted by molar-refractivity contribution is 6.07. The molecule has 186 valence electrons. The molecule has 0 amide bonds. The van der Waals surface area contributed by atoms with Gasteiger partial charge in [-0.1, -0.05) is 106 Å². The average Bonchev–Trinajstić information content (AvgIpc) is 3.28. The van der Waals surface area contributed by atoms with Crippen molar-refractivity contribution in [1.82, 2.24) is 4.90 Å². The zero-order valence-corrected chi connectivity index (χ0v) is 22.4. The molecule has 2 aliphatic rings. The lowest BCUT2D eigenvalue weighted by molar-refractivity contribution is 0.313. The van der Waals surface area contributed by atoms with E-state index in [9.17, 15) is 0 Å². The van der Waals surface area contributed by atoms with Crippen LogP contribution in [0.1, 0.15) is 66.2 Å². The Kier molecular flexibility index (Phi) is 5.67. The number of anilines is 2. The lowest BCUT2D eigenvalue weighted by atomic mass is 9.84. The van der Waals surface area contributed by atoms with Crippen LogP contribution in [-0.2, 0) is 5.41 Å². The topological polar surface area (TPSA) is 18.8 Å². The standard InChI is InChI=1S/C34H35N3/c1-23-20-27(34(3,4)5)21-24(2)31(23)36-22-37-32(26-16-10-7-11-17-26)30(25-14-8-6-9-15-25)35-33(37)28-18-12-13-19-29(28)36/h6-21,30,32H,22H2,1-5H3/t30-,32-/m0/s1. The summed E-state index contributed by atoms with van der Waals surface area (Å²) >= 11 is 0. The predicted octanol–water partition coefficient (Wildman–Crippen LogP) is 8.25. The number of nitrogens with zero attached hydrogens (tertiary/aromatic N) is 3. The van der Waals surface area contributed by atoms with Crippen LogP contribution >= 0.6 is 0 Å². The van der Waals surface area contributed by atoms with Crippen molar-refractivity contribution >= 4 is 17.2 Å². The first-order valence-electron chi connectivity index (χ1n) is 13.3. The van der Waals surface area contributed by atoms with E-state index in [1.165, 1.54) is 44.8 Å². The maximum absolute atomic E-state index is 5.41. The van der Waals surface area contributed by atoms with Crippen molar-refractivity contribution in [3.05, 3.63) is 130 Å². The molecule has 2 heterocycles. The van der Waals surface area contributed by atoms with Gasteiger partial charge in [0.15, 0.2) is 0 Å². The molecule has 0 aliphatic carbocycles. The molecule has 0 spiro atoms. The zero-order valence-electron chi connectivity index (χ0n) is 22.4. The van der Waals surface area contributed by atoms with E-state index in [1.54, 1.807) is 0 Å². The summed E-state index contributed by atoms with van der Waals surface area (Å²) < 4.78 is 0. The van der Waals surface area contributed by atoms with E-state index in [0.29, 0.717) is 0 Å². The minimum absolute atomic E-state index is 0.0390. The third-order valence-corrected chi connectivity index (χ3v) is 7.81. The zero-order chi connectivity index (χ0) is 25.7. The minimum Gasteiger partial charge on any atom is -0.329 e. The van der Waals surface area contributed by atoms with Gasteiger partial charge in [0.2, 0.25) is 0 Å². The molecule has 2 aliphatic heterocycles. The number of rotatable bonds is 3. The van der Waals surface area contributed by atoms with Gasteiger partial charge in [-0.2, -0.15) is 0 Å². The largest absolute Gasteiger partial charge is 0.329 e. The summed E-state index contributed by atoms with van der Waals surface area (Å²) in [7, 11) is 0. The molecule has 3 nitrogen and oxygen atoms in total. The van der Waals surface area contributed by atoms with Gasteiger partial charge in [0.1, 0.15) is 11.9 Å². The monoisotopic (exact) mass is 485 g/mol. The number of hydrogen-bond donors (Lipinski definition) is 0. The summed E-state index contributed by atoms with van der Waals surface area (Å²) in [5, 5.41) is 0. The number of benzene rings is 4. The maximum Gasteiger partial charge on any atom is 0.135 e. The molecule has 3 heteroatoms. The van der Waals surface area contributed by atoms with Crippen LogP contribution in [-0.4, -0.2) is 17.4 Å². The summed E-state index contributed by atoms with van der Waals surface area (Å²) in [5.74, 6) is 1.09. The minimum atomic E-state index is 0.0390. The van der Waals surface area contributed by atoms with Crippen LogP contribution in [0.25, 0.3) is 0 Å². The maximum atomic E-state index is 5.41. The van der Waals surface area contributed by atoms with Gasteiger partial charge in [0, 0.05) is 11.3 Å². The number of amidine groups is 1. The van der Waals surface area contributed by atoms with Gasteiger partial charge in [-0.3, -0.25) is 4.99 Å². The second-order valence-electron chi connectivity index (χ2n) is 11.4. The number of para-hydroxylation sites is 1. The predicted molar refractivity (Wildman–Crippen MR) is 155 cm³/mol. The summed E-state index contributed by atoms with van der Waals surface area (Å²) in [6.07, 6.45) is 0. The molecule has 0 fully saturated rings. The molecule has 6 rings (SSSR count). The lowest BCUT2D eigenvalue weighted by Gasteiger charge is -2.42. The van der Waals surface area contributed by atoms with Crippen LogP contribution in [0.15, 0.2) is 102 Å². The molecule has 4 aromatic carbocycles. The fourth-order valence-corrected chi connectivity index (χ4v) is 6.01. The quantitative estimate of drug-likeness (QED) is 0.291. The van der Waals surface area contributed by atoms with E-state index < -0.39 is 0 Å². The highest BCUT2D eigenvalue weighted by Gasteiger charge is 2.43. The van der Waals surface area contributed by atoms with Gasteiger partial charge in [0.05, 0.1) is 18.4 Å². The third kappa shape index (κ3) is 4.03. The third-order valence-electron chi connectivity index (χ3n) is 7.81. The van der Waals surface area contributed by atoms with Crippen molar-refractivity contribution in [2.24, 2.45) is 4.99 Å². The van der Waals surface area contributed by atoms with Gasteiger partial charge in [-0.15, -0.1) is 0 Å². The number of aryl methyl sites for hydroxylation is 2. The molecule has 4 aromatic rings. The van der Waals surface area contributed by atoms with E-state index in [0.717, 1.165) is 12.5 Å². The van der Waals surface area contributed by atoms with Crippen LogP contribution in [0.3, 0.4) is 0 Å². The smallest absolute Gasteiger partial charge is 0.135 e. The highest BCUT2D eigenvalue weighted by Crippen LogP contribution is 2.48. The summed E-state index contributed by atoms with van der Waals surface area (Å²) in [6, 6.07) is 35.3. The van der Waals surface area contributed by atoms with Crippen molar-refractivity contribution in [2.75, 3.05) is 11.6 Å². The van der Waals surface area contributed by atoms with Crippen LogP contribution in [0.4, 0.5) is 11.4 Å². The van der Waals surface area contributed by atoms with Crippen molar-refractivity contribution < 1.29 is 0 Å². The second-order valence-corrected chi connectivity index (χ2v) is 11.4. The molecule has 0 aromatic heterocycles. The molecule has 0 saturated carbocycles. The van der Waals surface area contributed by atoms with E-state index in [4.69, 9.17) is 4.99 Å². The summed E-state index contributed by atoms with van der Waals surface area (Å²) in [5.41, 5.74) is 10.4. The van der Waals surface area contributed by atoms with Crippen molar-refractivity contribution in [1.29, 1.82) is 0 Å². The Labute approximate surface area is 221 Å². The summed E-state index contributed by atoms with van der Waals surface area (Å²) in [6.45, 7) is 12.1. The number of aliphatic imine (C=N–C) groups is 1. The van der Waals surface area contributed by atoms with Gasteiger partial charge in [-0.25, -0.2) is 0 Å². The highest BCUT2D eigenvalue weighted by atomic mass is 15.4. The molecule has 0 unspecified atom stereocenters. The Hall–Kier alpha value is -3.85. The van der Waals surface area contributed by atoms with E-state index in [1.807, 2.05) is 0 Å². The van der Waals surface area contributed by atoms with Crippen LogP contribution < -0.4 is 4.90 Å². The van der Waals surface area contributed by atoms with Crippen molar-refractivity contribution in [3.8, 4) is 0 Å². The van der Waals surface area contributed by atoms with E-state index in [2.05, 4.69) is 141 Å². The first-order chi connectivity index (χ1) is 17.8. The molecular weight excluding hydrogens is 450 g/mol. The lowest BCUT2D eigenvalue weighted by Crippen LogP contribution is -2.45. The first kappa shape index (κ1) is 23.5. The van der Waals surface area contributed by atoms with Gasteiger partial charge < -0.3 is 9.80 Å². The van der Waals surface area contributed by atoms with Gasteiger partial charge in [-0.05, 0) is 59.2 Å². The Morgan fingerprint density at radius 3 is 1.92 bits per heavy atom. The first-order valence-corrected chi connectivity index (χ1v) is 13.3. The molecule has 37 heavy (non-hydrogen) atoms. The molecule has 0 radical (unpaired) electrons. The normalized spacial score (nSPS) is 18.9. The van der Waals surface area contributed by atoms with E-state index >= 15 is 0 Å². The molecular formula is C34H35N3. The Morgan fingerprint density at radius 2 is 1.30 bits per heavy atom. The fourth-order valence-electron chi connectivity index (χ4n) is 6.01. The van der Waals surface area contributed by atoms with Crippen LogP contribution in [0.2, 0.25) is 0 Å². The van der Waals surface area contributed by atoms with E-state index in [-0.39, 0.29) is 17.5 Å². The number of fused-ring (bicyclic) bond motifs is 3. The molecule has 2 atom stereocenters. The van der Waals surface area contributed by atoms with Gasteiger partial charge in [0.25, 0.3) is 0 Å². The average molecular weight is 486 g/mol. The van der Waals surface area contributed by atoms with Crippen LogP contribution in [0.5, 0.6) is 0 Å². The summed E-state index contributed by atoms with van der Waals surface area (Å²) in [4.78, 5) is 10.4. The second kappa shape index (κ2) is 8.92. The molecule has 0 N–H and O–H groups in total. The molecule has 0 bridgehead atoms. The Bertz CT molecular complexity index is 1440. The SMILES string of the molecule is Cc1cc(C(C)(C)C)cc(C)c1N1CN2C(=N[C@@H](c3ccccc3)[C@@H]2c2ccccc2)c2ccccc21. The Morgan fingerprint density at radius 1 is 0.730 bits per heavy atom. The number of hydrogen-bond acceptors (Lipinski definition) is 3. The molecule has 0 saturated heterocycles. The van der Waals surface area contributed by atoms with Gasteiger partial charge >= 0.3 is 0 Å². The van der Waals surface area contributed by atoms with Crippen molar-refractivity contribution in [2.45, 2.75) is 52.1 Å². The van der Waals surface area contributed by atoms with Crippen molar-refractivity contribution in [3.63, 3.8) is 0 Å². The van der Waals surface area contributed by atoms with Crippen LogP contribution in [0, 0.1) is 13.8 Å².